The summed E-state index contributed by atoms with van der Waals surface area (Å²) in [5.41, 5.74) is 0. The molecule has 2 aliphatic heterocycles. The molecular formula is C14H20N2OS. The molecule has 2 aliphatic rings. The monoisotopic (exact) mass is 264 g/mol. The van der Waals surface area contributed by atoms with Crippen molar-refractivity contribution >= 4 is 17.1 Å². The first kappa shape index (κ1) is 12.3. The van der Waals surface area contributed by atoms with Crippen LogP contribution in [-0.2, 0) is 4.79 Å². The van der Waals surface area contributed by atoms with E-state index < -0.39 is 0 Å². The van der Waals surface area contributed by atoms with E-state index in [1.54, 1.807) is 11.3 Å². The van der Waals surface area contributed by atoms with Gasteiger partial charge in [0.2, 0.25) is 0 Å². The molecule has 2 fully saturated rings. The number of aryl methyl sites for hydroxylation is 1. The van der Waals surface area contributed by atoms with Gasteiger partial charge in [0.25, 0.3) is 0 Å². The average molecular weight is 264 g/mol. The molecule has 3 nitrogen and oxygen atoms in total. The highest BCUT2D eigenvalue weighted by Gasteiger charge is 2.40. The number of nitrogens with zero attached hydrogens (tertiary/aromatic N) is 2. The maximum Gasteiger partial charge on any atom is 0.136 e. The summed E-state index contributed by atoms with van der Waals surface area (Å²) >= 11 is 1.79. The number of rotatable bonds is 2. The standard InChI is InChI=1S/C14H20N2OS/c1-9-8-15-14(18-9)10(2)16-11-4-3-5-12(16)7-13(17)6-11/h8,10-12H,3-7H2,1-2H3. The van der Waals surface area contributed by atoms with Gasteiger partial charge in [0.15, 0.2) is 0 Å². The molecule has 0 spiro atoms. The Morgan fingerprint density at radius 1 is 1.39 bits per heavy atom. The van der Waals surface area contributed by atoms with Crippen LogP contribution in [-0.4, -0.2) is 27.8 Å². The van der Waals surface area contributed by atoms with Crippen LogP contribution in [0.4, 0.5) is 0 Å². The van der Waals surface area contributed by atoms with E-state index in [9.17, 15) is 4.79 Å². The summed E-state index contributed by atoms with van der Waals surface area (Å²) in [7, 11) is 0. The third-order valence-corrected chi connectivity index (χ3v) is 5.37. The Morgan fingerprint density at radius 3 is 2.61 bits per heavy atom. The molecule has 2 saturated heterocycles. The number of aromatic nitrogens is 1. The lowest BCUT2D eigenvalue weighted by Crippen LogP contribution is -2.53. The van der Waals surface area contributed by atoms with Crippen molar-refractivity contribution < 1.29 is 4.79 Å². The Kier molecular flexibility index (Phi) is 3.24. The van der Waals surface area contributed by atoms with Crippen LogP contribution in [0, 0.1) is 6.92 Å². The normalized spacial score (nSPS) is 30.4. The second-order valence-corrected chi connectivity index (χ2v) is 6.88. The maximum atomic E-state index is 11.7. The van der Waals surface area contributed by atoms with Crippen molar-refractivity contribution in [1.29, 1.82) is 0 Å². The number of hydrogen-bond acceptors (Lipinski definition) is 4. The van der Waals surface area contributed by atoms with Crippen LogP contribution in [0.25, 0.3) is 0 Å². The summed E-state index contributed by atoms with van der Waals surface area (Å²) in [6.07, 6.45) is 7.11. The molecule has 18 heavy (non-hydrogen) atoms. The van der Waals surface area contributed by atoms with Crippen LogP contribution in [0.15, 0.2) is 6.20 Å². The Bertz CT molecular complexity index is 440. The lowest BCUT2D eigenvalue weighted by Gasteiger charge is -2.48. The third-order valence-electron chi connectivity index (χ3n) is 4.29. The number of fused-ring (bicyclic) bond motifs is 2. The first-order chi connectivity index (χ1) is 8.65. The van der Waals surface area contributed by atoms with Crippen molar-refractivity contribution in [2.24, 2.45) is 0 Å². The molecule has 0 aromatic carbocycles. The smallest absolute Gasteiger partial charge is 0.136 e. The van der Waals surface area contributed by atoms with Gasteiger partial charge in [-0.15, -0.1) is 11.3 Å². The van der Waals surface area contributed by atoms with Crippen molar-refractivity contribution in [3.63, 3.8) is 0 Å². The lowest BCUT2D eigenvalue weighted by molar-refractivity contribution is -0.128. The summed E-state index contributed by atoms with van der Waals surface area (Å²) in [6, 6.07) is 1.29. The van der Waals surface area contributed by atoms with E-state index in [2.05, 4.69) is 23.7 Å². The van der Waals surface area contributed by atoms with E-state index in [1.165, 1.54) is 29.1 Å². The summed E-state index contributed by atoms with van der Waals surface area (Å²) in [6.45, 7) is 4.35. The molecule has 0 radical (unpaired) electrons. The van der Waals surface area contributed by atoms with Gasteiger partial charge >= 0.3 is 0 Å². The van der Waals surface area contributed by atoms with E-state index in [1.807, 2.05) is 6.20 Å². The second-order valence-electron chi connectivity index (χ2n) is 5.62. The van der Waals surface area contributed by atoms with Crippen molar-refractivity contribution in [2.45, 2.75) is 64.1 Å². The summed E-state index contributed by atoms with van der Waals surface area (Å²) in [4.78, 5) is 20.1. The van der Waals surface area contributed by atoms with E-state index in [0.717, 1.165) is 12.8 Å². The van der Waals surface area contributed by atoms with Crippen LogP contribution in [0.1, 0.15) is 55.0 Å². The minimum atomic E-state index is 0.368. The van der Waals surface area contributed by atoms with Gasteiger partial charge in [-0.25, -0.2) is 4.98 Å². The molecular weight excluding hydrogens is 244 g/mol. The molecule has 98 valence electrons. The first-order valence-electron chi connectivity index (χ1n) is 6.86. The average Bonchev–Trinajstić information content (AvgIpc) is 2.74. The predicted molar refractivity (Wildman–Crippen MR) is 72.8 cm³/mol. The molecule has 0 N–H and O–H groups in total. The van der Waals surface area contributed by atoms with Crippen LogP contribution in [0.5, 0.6) is 0 Å². The Balaban J connectivity index is 1.84. The zero-order valence-corrected chi connectivity index (χ0v) is 11.9. The largest absolute Gasteiger partial charge is 0.300 e. The van der Waals surface area contributed by atoms with E-state index in [0.29, 0.717) is 23.9 Å². The van der Waals surface area contributed by atoms with Crippen molar-refractivity contribution in [3.8, 4) is 0 Å². The highest BCUT2D eigenvalue weighted by Crippen LogP contribution is 2.39. The Morgan fingerprint density at radius 2 is 2.06 bits per heavy atom. The fraction of sp³-hybridized carbons (Fsp3) is 0.714. The molecule has 3 atom stereocenters. The highest BCUT2D eigenvalue weighted by atomic mass is 32.1. The minimum Gasteiger partial charge on any atom is -0.300 e. The van der Waals surface area contributed by atoms with Gasteiger partial charge in [-0.1, -0.05) is 6.42 Å². The van der Waals surface area contributed by atoms with Gasteiger partial charge in [-0.05, 0) is 26.7 Å². The quantitative estimate of drug-likeness (QED) is 0.823. The van der Waals surface area contributed by atoms with Crippen molar-refractivity contribution in [3.05, 3.63) is 16.1 Å². The SMILES string of the molecule is Cc1cnc(C(C)N2C3CCCC2CC(=O)C3)s1. The summed E-state index contributed by atoms with van der Waals surface area (Å²) in [5.74, 6) is 0.462. The lowest BCUT2D eigenvalue weighted by atomic mass is 9.83. The van der Waals surface area contributed by atoms with Crippen LogP contribution < -0.4 is 0 Å². The fourth-order valence-electron chi connectivity index (χ4n) is 3.53. The molecule has 0 saturated carbocycles. The Hall–Kier alpha value is -0.740. The molecule has 3 heterocycles. The minimum absolute atomic E-state index is 0.368. The Labute approximate surface area is 112 Å². The number of Topliss-reactive ketones (excluding diaryl/α,β-unsaturated/α-hetero) is 1. The first-order valence-corrected chi connectivity index (χ1v) is 7.68. The molecule has 4 heteroatoms. The predicted octanol–water partition coefficient (Wildman–Crippen LogP) is 3.10. The van der Waals surface area contributed by atoms with Gasteiger partial charge in [0, 0.05) is 36.0 Å². The zero-order chi connectivity index (χ0) is 12.7. The summed E-state index contributed by atoms with van der Waals surface area (Å²) < 4.78 is 0. The molecule has 3 unspecified atom stereocenters. The number of ketones is 1. The topological polar surface area (TPSA) is 33.2 Å². The number of carbonyl (C=O) groups is 1. The number of thiazole rings is 1. The van der Waals surface area contributed by atoms with Crippen LogP contribution >= 0.6 is 11.3 Å². The van der Waals surface area contributed by atoms with E-state index >= 15 is 0 Å². The van der Waals surface area contributed by atoms with Gasteiger partial charge in [0.1, 0.15) is 10.8 Å². The molecule has 0 aliphatic carbocycles. The van der Waals surface area contributed by atoms with E-state index in [4.69, 9.17) is 0 Å². The maximum absolute atomic E-state index is 11.7. The van der Waals surface area contributed by atoms with Gasteiger partial charge in [0.05, 0.1) is 6.04 Å². The van der Waals surface area contributed by atoms with Crippen LogP contribution in [0.3, 0.4) is 0 Å². The fourth-order valence-corrected chi connectivity index (χ4v) is 4.37. The third kappa shape index (κ3) is 2.12. The molecule has 3 rings (SSSR count). The number of carbonyl (C=O) groups excluding carboxylic acids is 1. The van der Waals surface area contributed by atoms with Gasteiger partial charge in [-0.2, -0.15) is 0 Å². The molecule has 1 aromatic heterocycles. The molecule has 2 bridgehead atoms. The molecule has 1 aromatic rings. The summed E-state index contributed by atoms with van der Waals surface area (Å²) in [5, 5.41) is 1.21. The zero-order valence-electron chi connectivity index (χ0n) is 11.1. The number of hydrogen-bond donors (Lipinski definition) is 0. The molecule has 0 amide bonds. The highest BCUT2D eigenvalue weighted by molar-refractivity contribution is 7.11. The van der Waals surface area contributed by atoms with E-state index in [-0.39, 0.29) is 0 Å². The number of piperidine rings is 2. The van der Waals surface area contributed by atoms with Crippen LogP contribution in [0.2, 0.25) is 0 Å². The van der Waals surface area contributed by atoms with Gasteiger partial charge < -0.3 is 0 Å². The van der Waals surface area contributed by atoms with Crippen molar-refractivity contribution in [2.75, 3.05) is 0 Å². The van der Waals surface area contributed by atoms with Crippen molar-refractivity contribution in [1.82, 2.24) is 9.88 Å². The second kappa shape index (κ2) is 4.74. The van der Waals surface area contributed by atoms with Gasteiger partial charge in [-0.3, -0.25) is 9.69 Å².